The Balaban J connectivity index is 1.67. The van der Waals surface area contributed by atoms with Gasteiger partial charge >= 0.3 is 0 Å². The zero-order chi connectivity index (χ0) is 16.4. The van der Waals surface area contributed by atoms with Crippen LogP contribution in [0.1, 0.15) is 63.4 Å². The maximum atomic E-state index is 12.9. The van der Waals surface area contributed by atoms with Crippen molar-refractivity contribution in [2.75, 3.05) is 0 Å². The number of rotatable bonds is 2. The van der Waals surface area contributed by atoms with Crippen LogP contribution < -0.4 is 0 Å². The maximum absolute atomic E-state index is 12.9. The van der Waals surface area contributed by atoms with Gasteiger partial charge in [0.05, 0.1) is 5.25 Å². The zero-order valence-corrected chi connectivity index (χ0v) is 15.4. The molecule has 4 rings (SSSR count). The zero-order valence-electron chi connectivity index (χ0n) is 14.6. The minimum absolute atomic E-state index is 0.0253. The third kappa shape index (κ3) is 2.06. The van der Waals surface area contributed by atoms with Crippen LogP contribution in [0.4, 0.5) is 0 Å². The first-order valence-corrected chi connectivity index (χ1v) is 9.79. The second-order valence-corrected chi connectivity index (χ2v) is 9.43. The van der Waals surface area contributed by atoms with Crippen molar-refractivity contribution < 1.29 is 4.79 Å². The largest absolute Gasteiger partial charge is 0.298 e. The van der Waals surface area contributed by atoms with Gasteiger partial charge in [-0.15, -0.1) is 0 Å². The lowest BCUT2D eigenvalue weighted by atomic mass is 9.71. The molecule has 0 aliphatic heterocycles. The first-order valence-electron chi connectivity index (χ1n) is 8.91. The molecular weight excluding hydrogens is 304 g/mol. The number of nitrogens with zero attached hydrogens (tertiary/aromatic N) is 2. The average Bonchev–Trinajstić information content (AvgIpc) is 2.81. The third-order valence-corrected chi connectivity index (χ3v) is 8.45. The van der Waals surface area contributed by atoms with Crippen LogP contribution >= 0.6 is 11.8 Å². The molecule has 4 heteroatoms. The summed E-state index contributed by atoms with van der Waals surface area (Å²) in [4.78, 5) is 22.5. The first kappa shape index (κ1) is 15.6. The molecule has 0 spiro atoms. The van der Waals surface area contributed by atoms with Gasteiger partial charge in [0.1, 0.15) is 5.78 Å². The Labute approximate surface area is 143 Å². The minimum atomic E-state index is 0.0253. The fraction of sp³-hybridized carbons (Fsp3) is 0.737. The van der Waals surface area contributed by atoms with Crippen molar-refractivity contribution in [2.45, 2.75) is 76.6 Å². The second kappa shape index (κ2) is 5.05. The summed E-state index contributed by atoms with van der Waals surface area (Å²) in [6.07, 6.45) is 6.86. The Morgan fingerprint density at radius 3 is 2.57 bits per heavy atom. The van der Waals surface area contributed by atoms with Crippen molar-refractivity contribution in [1.29, 1.82) is 0 Å². The molecule has 0 radical (unpaired) electrons. The van der Waals surface area contributed by atoms with Crippen molar-refractivity contribution in [1.82, 2.24) is 9.97 Å². The van der Waals surface area contributed by atoms with Crippen LogP contribution in [0.2, 0.25) is 0 Å². The van der Waals surface area contributed by atoms with Crippen molar-refractivity contribution in [3.63, 3.8) is 0 Å². The monoisotopic (exact) mass is 330 g/mol. The molecule has 1 aromatic heterocycles. The van der Waals surface area contributed by atoms with Gasteiger partial charge < -0.3 is 0 Å². The van der Waals surface area contributed by atoms with Gasteiger partial charge in [-0.1, -0.05) is 32.5 Å². The van der Waals surface area contributed by atoms with Gasteiger partial charge in [-0.2, -0.15) is 0 Å². The van der Waals surface area contributed by atoms with Crippen LogP contribution in [-0.2, 0) is 17.6 Å². The summed E-state index contributed by atoms with van der Waals surface area (Å²) in [5.74, 6) is 0.663. The SMILES string of the molecule is Cc1nc(S[C@H]2C(=O)[C@H]3CC[C@@]2(C)C3(C)C)nc2c1CCCC2. The molecule has 23 heavy (non-hydrogen) atoms. The standard InChI is InChI=1S/C19H26N2OS/c1-11-12-7-5-6-8-14(12)21-17(20-11)23-16-15(22)13-9-10-19(16,4)18(13,2)3/h13,16H,5-10H2,1-4H3/t13-,16+,19-/m1/s1. The van der Waals surface area contributed by atoms with Gasteiger partial charge in [0.15, 0.2) is 5.16 Å². The normalized spacial score (nSPS) is 34.7. The number of ketones is 1. The first-order chi connectivity index (χ1) is 10.8. The topological polar surface area (TPSA) is 42.9 Å². The van der Waals surface area contributed by atoms with E-state index in [2.05, 4.69) is 27.7 Å². The molecule has 0 amide bonds. The molecule has 2 saturated carbocycles. The number of aromatic nitrogens is 2. The molecule has 0 unspecified atom stereocenters. The third-order valence-electron chi connectivity index (χ3n) is 7.07. The Morgan fingerprint density at radius 2 is 1.87 bits per heavy atom. The summed E-state index contributed by atoms with van der Waals surface area (Å²) in [5, 5.41) is 0.850. The lowest BCUT2D eigenvalue weighted by Crippen LogP contribution is -2.35. The molecule has 0 saturated heterocycles. The average molecular weight is 330 g/mol. The predicted octanol–water partition coefficient (Wildman–Crippen LogP) is 4.15. The Bertz CT molecular complexity index is 684. The number of carbonyl (C=O) groups is 1. The van der Waals surface area contributed by atoms with Gasteiger partial charge in [0.2, 0.25) is 0 Å². The smallest absolute Gasteiger partial charge is 0.188 e. The summed E-state index contributed by atoms with van der Waals surface area (Å²) in [6, 6.07) is 0. The highest BCUT2D eigenvalue weighted by Gasteiger charge is 2.66. The van der Waals surface area contributed by atoms with Gasteiger partial charge in [-0.25, -0.2) is 9.97 Å². The van der Waals surface area contributed by atoms with E-state index < -0.39 is 0 Å². The van der Waals surface area contributed by atoms with E-state index in [-0.39, 0.29) is 22.0 Å². The van der Waals surface area contributed by atoms with Crippen molar-refractivity contribution in [3.05, 3.63) is 17.0 Å². The van der Waals surface area contributed by atoms with E-state index in [9.17, 15) is 4.79 Å². The van der Waals surface area contributed by atoms with E-state index in [1.165, 1.54) is 24.1 Å². The van der Waals surface area contributed by atoms with Gasteiger partial charge in [-0.3, -0.25) is 4.79 Å². The highest BCUT2D eigenvalue weighted by Crippen LogP contribution is 2.67. The lowest BCUT2D eigenvalue weighted by molar-refractivity contribution is -0.122. The molecule has 124 valence electrons. The number of hydrogen-bond acceptors (Lipinski definition) is 4. The Hall–Kier alpha value is -0.900. The molecular formula is C19H26N2OS. The van der Waals surface area contributed by atoms with Gasteiger partial charge in [-0.05, 0) is 61.8 Å². The molecule has 2 bridgehead atoms. The molecule has 2 fully saturated rings. The number of fused-ring (bicyclic) bond motifs is 3. The summed E-state index contributed by atoms with van der Waals surface area (Å²) < 4.78 is 0. The molecule has 3 nitrogen and oxygen atoms in total. The van der Waals surface area contributed by atoms with Crippen LogP contribution in [-0.4, -0.2) is 21.0 Å². The number of carbonyl (C=O) groups excluding carboxylic acids is 1. The molecule has 3 atom stereocenters. The fourth-order valence-electron chi connectivity index (χ4n) is 5.09. The maximum Gasteiger partial charge on any atom is 0.188 e. The summed E-state index contributed by atoms with van der Waals surface area (Å²) >= 11 is 1.64. The number of thioether (sulfide) groups is 1. The summed E-state index contributed by atoms with van der Waals surface area (Å²) in [6.45, 7) is 8.97. The van der Waals surface area contributed by atoms with E-state index in [0.29, 0.717) is 5.78 Å². The highest BCUT2D eigenvalue weighted by atomic mass is 32.2. The molecule has 3 aliphatic rings. The Kier molecular flexibility index (Phi) is 3.43. The second-order valence-electron chi connectivity index (χ2n) is 8.35. The van der Waals surface area contributed by atoms with Crippen LogP contribution in [0.5, 0.6) is 0 Å². The molecule has 0 N–H and O–H groups in total. The number of Topliss-reactive ketones (excluding diaryl/α,β-unsaturated/α-hetero) is 1. The van der Waals surface area contributed by atoms with Crippen LogP contribution in [0, 0.1) is 23.7 Å². The number of hydrogen-bond donors (Lipinski definition) is 0. The van der Waals surface area contributed by atoms with Crippen molar-refractivity contribution in [3.8, 4) is 0 Å². The van der Waals surface area contributed by atoms with Gasteiger partial charge in [0, 0.05) is 17.3 Å². The quantitative estimate of drug-likeness (QED) is 0.764. The minimum Gasteiger partial charge on any atom is -0.298 e. The van der Waals surface area contributed by atoms with Gasteiger partial charge in [0.25, 0.3) is 0 Å². The summed E-state index contributed by atoms with van der Waals surface area (Å²) in [7, 11) is 0. The Morgan fingerprint density at radius 1 is 1.13 bits per heavy atom. The van der Waals surface area contributed by atoms with E-state index in [1.807, 2.05) is 0 Å². The van der Waals surface area contributed by atoms with Crippen molar-refractivity contribution in [2.24, 2.45) is 16.7 Å². The van der Waals surface area contributed by atoms with Crippen LogP contribution in [0.25, 0.3) is 0 Å². The molecule has 1 aromatic rings. The molecule has 3 aliphatic carbocycles. The van der Waals surface area contributed by atoms with E-state index >= 15 is 0 Å². The van der Waals surface area contributed by atoms with Crippen molar-refractivity contribution >= 4 is 17.5 Å². The van der Waals surface area contributed by atoms with E-state index in [1.54, 1.807) is 11.8 Å². The highest BCUT2D eigenvalue weighted by molar-refractivity contribution is 8.00. The fourth-order valence-corrected chi connectivity index (χ4v) is 6.61. The van der Waals surface area contributed by atoms with E-state index in [4.69, 9.17) is 9.97 Å². The number of aryl methyl sites for hydroxylation is 2. The van der Waals surface area contributed by atoms with Crippen LogP contribution in [0.15, 0.2) is 5.16 Å². The summed E-state index contributed by atoms with van der Waals surface area (Å²) in [5.41, 5.74) is 3.88. The van der Waals surface area contributed by atoms with Crippen LogP contribution in [0.3, 0.4) is 0 Å². The predicted molar refractivity (Wildman–Crippen MR) is 92.7 cm³/mol. The lowest BCUT2D eigenvalue weighted by Gasteiger charge is -2.37. The molecule has 0 aromatic carbocycles. The molecule has 1 heterocycles. The van der Waals surface area contributed by atoms with E-state index in [0.717, 1.165) is 36.5 Å².